The summed E-state index contributed by atoms with van der Waals surface area (Å²) >= 11 is 0. The van der Waals surface area contributed by atoms with E-state index in [1.807, 2.05) is 0 Å². The number of methoxy groups -OCH3 is 2. The number of aldehydes is 1. The number of amides is 1. The standard InChI is InChI=1S/C15H17NO4/c1-11(18)16-7-5-4-6-12-8-14(19-2)15(20-3)9-13(12)10-17/h8-10H,5,7H2,1-3H3,(H,16,18). The molecule has 0 atom stereocenters. The molecule has 0 saturated heterocycles. The van der Waals surface area contributed by atoms with Crippen molar-refractivity contribution in [1.82, 2.24) is 5.32 Å². The number of hydrogen-bond acceptors (Lipinski definition) is 4. The van der Waals surface area contributed by atoms with Crippen molar-refractivity contribution in [2.24, 2.45) is 0 Å². The van der Waals surface area contributed by atoms with Crippen LogP contribution in [0.25, 0.3) is 0 Å². The van der Waals surface area contributed by atoms with Gasteiger partial charge < -0.3 is 14.8 Å². The molecule has 0 heterocycles. The van der Waals surface area contributed by atoms with Gasteiger partial charge in [0.15, 0.2) is 17.8 Å². The van der Waals surface area contributed by atoms with Crippen molar-refractivity contribution in [3.05, 3.63) is 23.3 Å². The topological polar surface area (TPSA) is 64.6 Å². The van der Waals surface area contributed by atoms with E-state index in [0.717, 1.165) is 6.29 Å². The Labute approximate surface area is 118 Å². The second-order valence-corrected chi connectivity index (χ2v) is 3.95. The van der Waals surface area contributed by atoms with Gasteiger partial charge in [-0.2, -0.15) is 0 Å². The maximum atomic E-state index is 11.1. The lowest BCUT2D eigenvalue weighted by Crippen LogP contribution is -2.20. The lowest BCUT2D eigenvalue weighted by molar-refractivity contribution is -0.118. The Morgan fingerprint density at radius 3 is 2.50 bits per heavy atom. The van der Waals surface area contributed by atoms with Crippen molar-refractivity contribution in [3.63, 3.8) is 0 Å². The number of carbonyl (C=O) groups excluding carboxylic acids is 2. The first-order chi connectivity index (χ1) is 9.62. The van der Waals surface area contributed by atoms with Gasteiger partial charge in [-0.15, -0.1) is 0 Å². The van der Waals surface area contributed by atoms with E-state index < -0.39 is 0 Å². The minimum atomic E-state index is -0.0912. The van der Waals surface area contributed by atoms with E-state index in [1.165, 1.54) is 21.1 Å². The number of nitrogens with one attached hydrogen (secondary N) is 1. The molecule has 106 valence electrons. The summed E-state index contributed by atoms with van der Waals surface area (Å²) in [6.45, 7) is 1.93. The van der Waals surface area contributed by atoms with Crippen LogP contribution in [0.4, 0.5) is 0 Å². The van der Waals surface area contributed by atoms with Gasteiger partial charge in [-0.05, 0) is 6.07 Å². The highest BCUT2D eigenvalue weighted by Gasteiger charge is 2.09. The van der Waals surface area contributed by atoms with E-state index in [1.54, 1.807) is 12.1 Å². The Balaban J connectivity index is 2.91. The molecule has 0 unspecified atom stereocenters. The summed E-state index contributed by atoms with van der Waals surface area (Å²) in [5.74, 6) is 6.71. The van der Waals surface area contributed by atoms with Gasteiger partial charge in [-0.1, -0.05) is 11.8 Å². The summed E-state index contributed by atoms with van der Waals surface area (Å²) < 4.78 is 10.3. The van der Waals surface area contributed by atoms with Crippen LogP contribution < -0.4 is 14.8 Å². The molecular formula is C15H17NO4. The summed E-state index contributed by atoms with van der Waals surface area (Å²) in [5, 5.41) is 2.65. The van der Waals surface area contributed by atoms with Crippen molar-refractivity contribution >= 4 is 12.2 Å². The van der Waals surface area contributed by atoms with E-state index in [4.69, 9.17) is 9.47 Å². The van der Waals surface area contributed by atoms with E-state index >= 15 is 0 Å². The molecule has 0 saturated carbocycles. The largest absolute Gasteiger partial charge is 0.493 e. The molecule has 0 radical (unpaired) electrons. The van der Waals surface area contributed by atoms with Gasteiger partial charge in [0.1, 0.15) is 0 Å². The van der Waals surface area contributed by atoms with Crippen LogP contribution >= 0.6 is 0 Å². The second-order valence-electron chi connectivity index (χ2n) is 3.95. The molecule has 1 aromatic rings. The van der Waals surface area contributed by atoms with Crippen molar-refractivity contribution in [3.8, 4) is 23.3 Å². The molecule has 0 fully saturated rings. The summed E-state index contributed by atoms with van der Waals surface area (Å²) in [6, 6.07) is 3.25. The van der Waals surface area contributed by atoms with Gasteiger partial charge in [-0.3, -0.25) is 9.59 Å². The minimum absolute atomic E-state index is 0.0912. The summed E-state index contributed by atoms with van der Waals surface area (Å²) in [5.41, 5.74) is 1.01. The molecule has 20 heavy (non-hydrogen) atoms. The molecule has 0 aliphatic heterocycles. The molecule has 1 rings (SSSR count). The number of ether oxygens (including phenoxy) is 2. The Morgan fingerprint density at radius 2 is 1.95 bits per heavy atom. The molecule has 1 aromatic carbocycles. The molecule has 0 aliphatic rings. The maximum absolute atomic E-state index is 11.1. The fourth-order valence-electron chi connectivity index (χ4n) is 1.56. The van der Waals surface area contributed by atoms with Gasteiger partial charge in [0.2, 0.25) is 5.91 Å². The van der Waals surface area contributed by atoms with E-state index in [0.29, 0.717) is 35.6 Å². The van der Waals surface area contributed by atoms with E-state index in [-0.39, 0.29) is 5.91 Å². The van der Waals surface area contributed by atoms with Crippen LogP contribution in [-0.4, -0.2) is 33.0 Å². The number of hydrogen-bond donors (Lipinski definition) is 1. The van der Waals surface area contributed by atoms with Crippen molar-refractivity contribution in [1.29, 1.82) is 0 Å². The molecule has 1 amide bonds. The highest BCUT2D eigenvalue weighted by Crippen LogP contribution is 2.29. The quantitative estimate of drug-likeness (QED) is 0.501. The molecule has 0 aromatic heterocycles. The van der Waals surface area contributed by atoms with Crippen LogP contribution in [-0.2, 0) is 4.79 Å². The molecule has 5 heteroatoms. The van der Waals surface area contributed by atoms with Crippen molar-refractivity contribution < 1.29 is 19.1 Å². The smallest absolute Gasteiger partial charge is 0.216 e. The van der Waals surface area contributed by atoms with Crippen LogP contribution in [0.15, 0.2) is 12.1 Å². The third-order valence-electron chi connectivity index (χ3n) is 2.53. The third-order valence-corrected chi connectivity index (χ3v) is 2.53. The molecule has 0 spiro atoms. The van der Waals surface area contributed by atoms with Crippen molar-refractivity contribution in [2.75, 3.05) is 20.8 Å². The average molecular weight is 275 g/mol. The first-order valence-electron chi connectivity index (χ1n) is 6.07. The molecule has 5 nitrogen and oxygen atoms in total. The third kappa shape index (κ3) is 4.32. The predicted octanol–water partition coefficient (Wildman–Crippen LogP) is 1.39. The molecular weight excluding hydrogens is 258 g/mol. The fourth-order valence-corrected chi connectivity index (χ4v) is 1.56. The number of benzene rings is 1. The average Bonchev–Trinajstić information content (AvgIpc) is 2.45. The Morgan fingerprint density at radius 1 is 1.30 bits per heavy atom. The zero-order valence-corrected chi connectivity index (χ0v) is 11.8. The number of rotatable bonds is 5. The van der Waals surface area contributed by atoms with Crippen LogP contribution in [0.1, 0.15) is 29.3 Å². The van der Waals surface area contributed by atoms with Gasteiger partial charge in [0.05, 0.1) is 14.2 Å². The lowest BCUT2D eigenvalue weighted by Gasteiger charge is -2.09. The summed E-state index contributed by atoms with van der Waals surface area (Å²) in [4.78, 5) is 21.7. The normalized spacial score (nSPS) is 9.15. The second kappa shape index (κ2) is 7.85. The lowest BCUT2D eigenvalue weighted by atomic mass is 10.1. The molecule has 1 N–H and O–H groups in total. The Kier molecular flexibility index (Phi) is 6.11. The first-order valence-corrected chi connectivity index (χ1v) is 6.07. The number of carbonyl (C=O) groups is 2. The van der Waals surface area contributed by atoms with Gasteiger partial charge >= 0.3 is 0 Å². The van der Waals surface area contributed by atoms with Crippen LogP contribution in [0.2, 0.25) is 0 Å². The summed E-state index contributed by atoms with van der Waals surface area (Å²) in [7, 11) is 3.03. The SMILES string of the molecule is COc1cc(C#CCCNC(C)=O)c(C=O)cc1OC. The Hall–Kier alpha value is -2.48. The monoisotopic (exact) mass is 275 g/mol. The van der Waals surface area contributed by atoms with Crippen LogP contribution in [0.3, 0.4) is 0 Å². The minimum Gasteiger partial charge on any atom is -0.493 e. The highest BCUT2D eigenvalue weighted by atomic mass is 16.5. The first kappa shape index (κ1) is 15.6. The summed E-state index contributed by atoms with van der Waals surface area (Å²) in [6.07, 6.45) is 1.23. The predicted molar refractivity (Wildman–Crippen MR) is 75.1 cm³/mol. The van der Waals surface area contributed by atoms with Crippen LogP contribution in [0, 0.1) is 11.8 Å². The zero-order valence-electron chi connectivity index (χ0n) is 11.8. The van der Waals surface area contributed by atoms with Gasteiger partial charge in [-0.25, -0.2) is 0 Å². The molecule has 0 aliphatic carbocycles. The highest BCUT2D eigenvalue weighted by molar-refractivity contribution is 5.81. The Bertz CT molecular complexity index is 555. The maximum Gasteiger partial charge on any atom is 0.216 e. The van der Waals surface area contributed by atoms with E-state index in [9.17, 15) is 9.59 Å². The zero-order chi connectivity index (χ0) is 15.0. The van der Waals surface area contributed by atoms with Crippen molar-refractivity contribution in [2.45, 2.75) is 13.3 Å². The van der Waals surface area contributed by atoms with Gasteiger partial charge in [0.25, 0.3) is 0 Å². The van der Waals surface area contributed by atoms with Crippen LogP contribution in [0.5, 0.6) is 11.5 Å². The van der Waals surface area contributed by atoms with E-state index in [2.05, 4.69) is 17.2 Å². The van der Waals surface area contributed by atoms with Gasteiger partial charge in [0, 0.05) is 37.1 Å². The fraction of sp³-hybridized carbons (Fsp3) is 0.333. The molecule has 0 bridgehead atoms.